The molecule has 20 heavy (non-hydrogen) atoms. The number of aryl methyl sites for hydroxylation is 1. The quantitative estimate of drug-likeness (QED) is 0.575. The van der Waals surface area contributed by atoms with E-state index >= 15 is 0 Å². The third kappa shape index (κ3) is 4.26. The van der Waals surface area contributed by atoms with E-state index in [4.69, 9.17) is 21.1 Å². The fourth-order valence-electron chi connectivity index (χ4n) is 1.69. The van der Waals surface area contributed by atoms with Crippen LogP contribution in [0.3, 0.4) is 0 Å². The van der Waals surface area contributed by atoms with Gasteiger partial charge in [0, 0.05) is 38.4 Å². The minimum absolute atomic E-state index is 0.422. The summed E-state index contributed by atoms with van der Waals surface area (Å²) in [6.07, 6.45) is 4.24. The summed E-state index contributed by atoms with van der Waals surface area (Å²) in [5.74, 6) is 0.661. The van der Waals surface area contributed by atoms with Crippen molar-refractivity contribution in [2.45, 2.75) is 6.42 Å². The molecule has 0 aliphatic rings. The van der Waals surface area contributed by atoms with Crippen molar-refractivity contribution in [3.63, 3.8) is 0 Å². The SMILES string of the molecule is COCCOCCc1nc(Cl)cc(-c2cnn(C)c2)n1. The maximum absolute atomic E-state index is 6.03. The first-order chi connectivity index (χ1) is 9.69. The largest absolute Gasteiger partial charge is 0.382 e. The summed E-state index contributed by atoms with van der Waals surface area (Å²) in [5.41, 5.74) is 1.68. The molecule has 2 aromatic rings. The van der Waals surface area contributed by atoms with Gasteiger partial charge in [0.15, 0.2) is 0 Å². The molecule has 0 unspecified atom stereocenters. The molecular weight excluding hydrogens is 280 g/mol. The summed E-state index contributed by atoms with van der Waals surface area (Å²) in [7, 11) is 3.50. The highest BCUT2D eigenvalue weighted by Gasteiger charge is 2.07. The lowest BCUT2D eigenvalue weighted by atomic mass is 10.2. The number of rotatable bonds is 7. The zero-order valence-corrected chi connectivity index (χ0v) is 12.3. The number of ether oxygens (including phenoxy) is 2. The Bertz CT molecular complexity index is 559. The van der Waals surface area contributed by atoms with E-state index in [1.165, 1.54) is 0 Å². The Kier molecular flexibility index (Phi) is 5.46. The number of hydrogen-bond acceptors (Lipinski definition) is 5. The van der Waals surface area contributed by atoms with Gasteiger partial charge in [0.25, 0.3) is 0 Å². The van der Waals surface area contributed by atoms with Crippen LogP contribution in [-0.4, -0.2) is 46.7 Å². The third-order valence-corrected chi connectivity index (χ3v) is 2.84. The van der Waals surface area contributed by atoms with E-state index in [-0.39, 0.29) is 0 Å². The monoisotopic (exact) mass is 296 g/mol. The van der Waals surface area contributed by atoms with Crippen LogP contribution in [0.15, 0.2) is 18.5 Å². The van der Waals surface area contributed by atoms with Gasteiger partial charge in [0.05, 0.1) is 31.7 Å². The molecule has 108 valence electrons. The maximum atomic E-state index is 6.03. The molecule has 0 aliphatic carbocycles. The van der Waals surface area contributed by atoms with Crippen molar-refractivity contribution in [3.05, 3.63) is 29.4 Å². The Morgan fingerprint density at radius 1 is 1.25 bits per heavy atom. The number of hydrogen-bond donors (Lipinski definition) is 0. The summed E-state index contributed by atoms with van der Waals surface area (Å²) in [5, 5.41) is 4.54. The molecule has 7 heteroatoms. The van der Waals surface area contributed by atoms with Crippen LogP contribution in [0.4, 0.5) is 0 Å². The molecule has 2 rings (SSSR count). The van der Waals surface area contributed by atoms with Gasteiger partial charge in [0.1, 0.15) is 11.0 Å². The van der Waals surface area contributed by atoms with Crippen molar-refractivity contribution >= 4 is 11.6 Å². The smallest absolute Gasteiger partial charge is 0.133 e. The van der Waals surface area contributed by atoms with Gasteiger partial charge in [-0.25, -0.2) is 9.97 Å². The van der Waals surface area contributed by atoms with Gasteiger partial charge in [-0.3, -0.25) is 4.68 Å². The second-order valence-electron chi connectivity index (χ2n) is 4.25. The summed E-state index contributed by atoms with van der Waals surface area (Å²) in [4.78, 5) is 8.67. The van der Waals surface area contributed by atoms with Crippen molar-refractivity contribution < 1.29 is 9.47 Å². The molecule has 0 aliphatic heterocycles. The van der Waals surface area contributed by atoms with Crippen LogP contribution in [0.2, 0.25) is 5.15 Å². The van der Waals surface area contributed by atoms with Gasteiger partial charge in [-0.05, 0) is 0 Å². The molecule has 2 heterocycles. The van der Waals surface area contributed by atoms with Crippen molar-refractivity contribution in [2.24, 2.45) is 7.05 Å². The Balaban J connectivity index is 2.01. The normalized spacial score (nSPS) is 10.9. The molecule has 0 amide bonds. The minimum atomic E-state index is 0.422. The summed E-state index contributed by atoms with van der Waals surface area (Å²) >= 11 is 6.03. The average molecular weight is 297 g/mol. The number of methoxy groups -OCH3 is 1. The van der Waals surface area contributed by atoms with Crippen molar-refractivity contribution in [1.29, 1.82) is 0 Å². The molecule has 0 radical (unpaired) electrons. The molecule has 0 bridgehead atoms. The van der Waals surface area contributed by atoms with Crippen LogP contribution >= 0.6 is 11.6 Å². The second-order valence-corrected chi connectivity index (χ2v) is 4.64. The van der Waals surface area contributed by atoms with Crippen LogP contribution < -0.4 is 0 Å². The lowest BCUT2D eigenvalue weighted by Crippen LogP contribution is -2.07. The third-order valence-electron chi connectivity index (χ3n) is 2.64. The Labute approximate surface area is 122 Å². The van der Waals surface area contributed by atoms with E-state index in [2.05, 4.69) is 15.1 Å². The minimum Gasteiger partial charge on any atom is -0.382 e. The molecule has 0 atom stereocenters. The lowest BCUT2D eigenvalue weighted by molar-refractivity contribution is 0.0716. The van der Waals surface area contributed by atoms with Gasteiger partial charge in [-0.2, -0.15) is 5.10 Å². The topological polar surface area (TPSA) is 62.1 Å². The highest BCUT2D eigenvalue weighted by atomic mass is 35.5. The molecule has 0 saturated carbocycles. The molecule has 0 saturated heterocycles. The molecular formula is C13H17ClN4O2. The predicted molar refractivity (Wildman–Crippen MR) is 75.6 cm³/mol. The molecule has 0 fully saturated rings. The highest BCUT2D eigenvalue weighted by molar-refractivity contribution is 6.29. The molecule has 0 spiro atoms. The molecule has 0 N–H and O–H groups in total. The average Bonchev–Trinajstić information content (AvgIpc) is 2.85. The zero-order valence-electron chi connectivity index (χ0n) is 11.5. The fourth-order valence-corrected chi connectivity index (χ4v) is 1.89. The lowest BCUT2D eigenvalue weighted by Gasteiger charge is -2.05. The van der Waals surface area contributed by atoms with Crippen LogP contribution in [0, 0.1) is 0 Å². The van der Waals surface area contributed by atoms with Crippen molar-refractivity contribution in [3.8, 4) is 11.3 Å². The van der Waals surface area contributed by atoms with Crippen LogP contribution in [0.1, 0.15) is 5.82 Å². The maximum Gasteiger partial charge on any atom is 0.133 e. The Morgan fingerprint density at radius 2 is 2.10 bits per heavy atom. The number of halogens is 1. The van der Waals surface area contributed by atoms with Crippen LogP contribution in [0.5, 0.6) is 0 Å². The first kappa shape index (κ1) is 14.9. The molecule has 2 aromatic heterocycles. The summed E-state index contributed by atoms with van der Waals surface area (Å²) < 4.78 is 12.0. The number of aromatic nitrogens is 4. The summed E-state index contributed by atoms with van der Waals surface area (Å²) in [6.45, 7) is 1.68. The molecule has 0 aromatic carbocycles. The number of nitrogens with zero attached hydrogens (tertiary/aromatic N) is 4. The van der Waals surface area contributed by atoms with Crippen LogP contribution in [0.25, 0.3) is 11.3 Å². The summed E-state index contributed by atoms with van der Waals surface area (Å²) in [6, 6.07) is 1.73. The highest BCUT2D eigenvalue weighted by Crippen LogP contribution is 2.19. The van der Waals surface area contributed by atoms with E-state index < -0.39 is 0 Å². The van der Waals surface area contributed by atoms with E-state index in [1.54, 1.807) is 24.1 Å². The van der Waals surface area contributed by atoms with Crippen molar-refractivity contribution in [1.82, 2.24) is 19.7 Å². The van der Waals surface area contributed by atoms with E-state index in [1.807, 2.05) is 13.2 Å². The Hall–Kier alpha value is -1.50. The first-order valence-electron chi connectivity index (χ1n) is 6.28. The van der Waals surface area contributed by atoms with E-state index in [0.717, 1.165) is 11.3 Å². The first-order valence-corrected chi connectivity index (χ1v) is 6.66. The van der Waals surface area contributed by atoms with Crippen LogP contribution in [-0.2, 0) is 22.9 Å². The second kappa shape index (κ2) is 7.33. The van der Waals surface area contributed by atoms with E-state index in [0.29, 0.717) is 37.2 Å². The zero-order chi connectivity index (χ0) is 14.4. The standard InChI is InChI=1S/C13H17ClN4O2/c1-18-9-10(8-15-18)11-7-12(14)17-13(16-11)3-4-20-6-5-19-2/h7-9H,3-6H2,1-2H3. The molecule has 6 nitrogen and oxygen atoms in total. The van der Waals surface area contributed by atoms with Gasteiger partial charge < -0.3 is 9.47 Å². The van der Waals surface area contributed by atoms with Crippen molar-refractivity contribution in [2.75, 3.05) is 26.9 Å². The van der Waals surface area contributed by atoms with Gasteiger partial charge in [-0.1, -0.05) is 11.6 Å². The van der Waals surface area contributed by atoms with Gasteiger partial charge >= 0.3 is 0 Å². The van der Waals surface area contributed by atoms with E-state index in [9.17, 15) is 0 Å². The fraction of sp³-hybridized carbons (Fsp3) is 0.462. The predicted octanol–water partition coefficient (Wildman–Crippen LogP) is 1.74. The van der Waals surface area contributed by atoms with Gasteiger partial charge in [0.2, 0.25) is 0 Å². The van der Waals surface area contributed by atoms with Gasteiger partial charge in [-0.15, -0.1) is 0 Å². The Morgan fingerprint density at radius 3 is 2.80 bits per heavy atom.